The third-order valence-corrected chi connectivity index (χ3v) is 5.86. The fraction of sp³-hybridized carbons (Fsp3) is 0.185. The second-order valence-corrected chi connectivity index (χ2v) is 8.10. The van der Waals surface area contributed by atoms with Crippen LogP contribution in [0.25, 0.3) is 5.70 Å². The van der Waals surface area contributed by atoms with Crippen LogP contribution in [0.5, 0.6) is 11.5 Å². The molecule has 180 valence electrons. The minimum atomic E-state index is -0.772. The standard InChI is InChI=1S/C27H25ClN2O5/c1-3-34-26(31)23-24(17-9-5-4-6-10-17)29-27(32)30-25(23)18-13-14-21(33-2)22(15-18)35-16-19-11-7-8-12-20(19)28/h4-15,25H,3,16H2,1-2H3,(H2,29,30,32). The van der Waals surface area contributed by atoms with Crippen LogP contribution in [0.4, 0.5) is 4.79 Å². The molecule has 0 bridgehead atoms. The summed E-state index contributed by atoms with van der Waals surface area (Å²) < 4.78 is 16.9. The van der Waals surface area contributed by atoms with Gasteiger partial charge >= 0.3 is 12.0 Å². The lowest BCUT2D eigenvalue weighted by molar-refractivity contribution is -0.138. The van der Waals surface area contributed by atoms with Gasteiger partial charge in [0.1, 0.15) is 6.61 Å². The van der Waals surface area contributed by atoms with Gasteiger partial charge in [-0.25, -0.2) is 9.59 Å². The van der Waals surface area contributed by atoms with Gasteiger partial charge in [-0.3, -0.25) is 0 Å². The predicted molar refractivity (Wildman–Crippen MR) is 133 cm³/mol. The molecule has 1 aliphatic heterocycles. The lowest BCUT2D eigenvalue weighted by atomic mass is 9.92. The number of hydrogen-bond donors (Lipinski definition) is 2. The number of carbonyl (C=O) groups excluding carboxylic acids is 2. The van der Waals surface area contributed by atoms with Crippen LogP contribution >= 0.6 is 11.6 Å². The van der Waals surface area contributed by atoms with Crippen molar-refractivity contribution in [2.75, 3.05) is 13.7 Å². The summed E-state index contributed by atoms with van der Waals surface area (Å²) >= 11 is 6.27. The molecule has 1 heterocycles. The first-order valence-electron chi connectivity index (χ1n) is 11.1. The Morgan fingerprint density at radius 1 is 1.00 bits per heavy atom. The number of halogens is 1. The van der Waals surface area contributed by atoms with Gasteiger partial charge in [-0.1, -0.05) is 66.2 Å². The van der Waals surface area contributed by atoms with Crippen molar-refractivity contribution in [2.45, 2.75) is 19.6 Å². The minimum Gasteiger partial charge on any atom is -0.493 e. The van der Waals surface area contributed by atoms with Crippen molar-refractivity contribution in [3.05, 3.63) is 100 Å². The molecule has 2 amide bonds. The van der Waals surface area contributed by atoms with Crippen molar-refractivity contribution in [1.29, 1.82) is 0 Å². The van der Waals surface area contributed by atoms with Crippen LogP contribution in [-0.4, -0.2) is 25.7 Å². The second kappa shape index (κ2) is 11.0. The second-order valence-electron chi connectivity index (χ2n) is 7.70. The quantitative estimate of drug-likeness (QED) is 0.419. The Bertz CT molecular complexity index is 1260. The number of benzene rings is 3. The van der Waals surface area contributed by atoms with E-state index in [0.717, 1.165) is 5.56 Å². The predicted octanol–water partition coefficient (Wildman–Crippen LogP) is 5.26. The topological polar surface area (TPSA) is 85.9 Å². The van der Waals surface area contributed by atoms with Crippen LogP contribution < -0.4 is 20.1 Å². The molecule has 0 radical (unpaired) electrons. The number of urea groups is 1. The molecule has 0 saturated heterocycles. The van der Waals surface area contributed by atoms with Gasteiger partial charge in [0.05, 0.1) is 31.0 Å². The first-order valence-corrected chi connectivity index (χ1v) is 11.5. The average molecular weight is 493 g/mol. The lowest BCUT2D eigenvalue weighted by Crippen LogP contribution is -2.45. The smallest absolute Gasteiger partial charge is 0.338 e. The monoisotopic (exact) mass is 492 g/mol. The maximum atomic E-state index is 13.1. The van der Waals surface area contributed by atoms with E-state index in [1.165, 1.54) is 0 Å². The highest BCUT2D eigenvalue weighted by Gasteiger charge is 2.34. The van der Waals surface area contributed by atoms with Gasteiger partial charge in [0.2, 0.25) is 0 Å². The SMILES string of the molecule is CCOC(=O)C1=C(c2ccccc2)NC(=O)NC1c1ccc(OC)c(OCc2ccccc2Cl)c1. The van der Waals surface area contributed by atoms with Crippen LogP contribution in [0.2, 0.25) is 5.02 Å². The molecule has 35 heavy (non-hydrogen) atoms. The third kappa shape index (κ3) is 5.41. The van der Waals surface area contributed by atoms with Crippen molar-refractivity contribution >= 4 is 29.3 Å². The minimum absolute atomic E-state index is 0.194. The molecule has 4 rings (SSSR count). The van der Waals surface area contributed by atoms with Gasteiger partial charge in [0.15, 0.2) is 11.5 Å². The summed E-state index contributed by atoms with van der Waals surface area (Å²) in [5.74, 6) is 0.423. The molecule has 3 aromatic rings. The molecule has 3 aromatic carbocycles. The maximum Gasteiger partial charge on any atom is 0.338 e. The molecule has 1 unspecified atom stereocenters. The largest absolute Gasteiger partial charge is 0.493 e. The first kappa shape index (κ1) is 24.2. The normalized spacial score (nSPS) is 15.2. The average Bonchev–Trinajstić information content (AvgIpc) is 2.88. The molecule has 0 fully saturated rings. The summed E-state index contributed by atoms with van der Waals surface area (Å²) in [5.41, 5.74) is 2.83. The van der Waals surface area contributed by atoms with E-state index in [9.17, 15) is 9.59 Å². The zero-order valence-electron chi connectivity index (χ0n) is 19.3. The molecule has 0 spiro atoms. The molecule has 0 aromatic heterocycles. The van der Waals surface area contributed by atoms with E-state index in [-0.39, 0.29) is 13.2 Å². The highest BCUT2D eigenvalue weighted by molar-refractivity contribution is 6.31. The van der Waals surface area contributed by atoms with Crippen LogP contribution in [0, 0.1) is 0 Å². The van der Waals surface area contributed by atoms with E-state index >= 15 is 0 Å². The zero-order chi connectivity index (χ0) is 24.8. The fourth-order valence-electron chi connectivity index (χ4n) is 3.83. The number of esters is 1. The third-order valence-electron chi connectivity index (χ3n) is 5.49. The summed E-state index contributed by atoms with van der Waals surface area (Å²) in [4.78, 5) is 25.7. The Morgan fingerprint density at radius 2 is 1.74 bits per heavy atom. The summed E-state index contributed by atoms with van der Waals surface area (Å²) in [6, 6.07) is 20.6. The van der Waals surface area contributed by atoms with Gasteiger partial charge in [-0.05, 0) is 36.2 Å². The van der Waals surface area contributed by atoms with E-state index in [0.29, 0.717) is 38.9 Å². The number of nitrogens with one attached hydrogen (secondary N) is 2. The summed E-state index contributed by atoms with van der Waals surface area (Å²) in [6.07, 6.45) is 0. The Balaban J connectivity index is 1.76. The Morgan fingerprint density at radius 3 is 2.46 bits per heavy atom. The summed E-state index contributed by atoms with van der Waals surface area (Å²) in [6.45, 7) is 2.15. The highest BCUT2D eigenvalue weighted by Crippen LogP contribution is 2.37. The molecular formula is C27H25ClN2O5. The van der Waals surface area contributed by atoms with Gasteiger partial charge in [0, 0.05) is 10.6 Å². The van der Waals surface area contributed by atoms with E-state index in [4.69, 9.17) is 25.8 Å². The maximum absolute atomic E-state index is 13.1. The van der Waals surface area contributed by atoms with Gasteiger partial charge in [0.25, 0.3) is 0 Å². The molecule has 1 aliphatic rings. The van der Waals surface area contributed by atoms with E-state index in [2.05, 4.69) is 10.6 Å². The van der Waals surface area contributed by atoms with Crippen molar-refractivity contribution in [3.8, 4) is 11.5 Å². The Labute approximate surface area is 208 Å². The Hall–Kier alpha value is -3.97. The molecule has 2 N–H and O–H groups in total. The highest BCUT2D eigenvalue weighted by atomic mass is 35.5. The van der Waals surface area contributed by atoms with Crippen molar-refractivity contribution in [2.24, 2.45) is 0 Å². The Kier molecular flexibility index (Phi) is 7.57. The van der Waals surface area contributed by atoms with E-state index in [1.54, 1.807) is 38.3 Å². The number of ether oxygens (including phenoxy) is 3. The van der Waals surface area contributed by atoms with Crippen LogP contribution in [0.15, 0.2) is 78.4 Å². The van der Waals surface area contributed by atoms with Crippen molar-refractivity contribution in [1.82, 2.24) is 10.6 Å². The van der Waals surface area contributed by atoms with Gasteiger partial charge < -0.3 is 24.8 Å². The van der Waals surface area contributed by atoms with Gasteiger partial charge in [-0.15, -0.1) is 0 Å². The van der Waals surface area contributed by atoms with Gasteiger partial charge in [-0.2, -0.15) is 0 Å². The number of carbonyl (C=O) groups is 2. The lowest BCUT2D eigenvalue weighted by Gasteiger charge is -2.30. The molecule has 0 saturated carbocycles. The summed E-state index contributed by atoms with van der Waals surface area (Å²) in [5, 5.41) is 6.20. The molecule has 0 aliphatic carbocycles. The summed E-state index contributed by atoms with van der Waals surface area (Å²) in [7, 11) is 1.54. The van der Waals surface area contributed by atoms with Crippen LogP contribution in [0.3, 0.4) is 0 Å². The number of methoxy groups -OCH3 is 1. The number of hydrogen-bond acceptors (Lipinski definition) is 5. The molecular weight excluding hydrogens is 468 g/mol. The number of rotatable bonds is 8. The zero-order valence-corrected chi connectivity index (χ0v) is 20.1. The van der Waals surface area contributed by atoms with Crippen LogP contribution in [-0.2, 0) is 16.1 Å². The van der Waals surface area contributed by atoms with Crippen molar-refractivity contribution in [3.63, 3.8) is 0 Å². The first-order chi connectivity index (χ1) is 17.0. The molecule has 8 heteroatoms. The van der Waals surface area contributed by atoms with E-state index in [1.807, 2.05) is 48.5 Å². The van der Waals surface area contributed by atoms with Crippen LogP contribution in [0.1, 0.15) is 29.7 Å². The van der Waals surface area contributed by atoms with E-state index < -0.39 is 18.0 Å². The molecule has 7 nitrogen and oxygen atoms in total. The van der Waals surface area contributed by atoms with Crippen molar-refractivity contribution < 1.29 is 23.8 Å². The fourth-order valence-corrected chi connectivity index (χ4v) is 4.02. The molecule has 1 atom stereocenters. The number of amides is 2.